The van der Waals surface area contributed by atoms with Gasteiger partial charge in [-0.15, -0.1) is 0 Å². The van der Waals surface area contributed by atoms with Gasteiger partial charge >= 0.3 is 12.1 Å². The van der Waals surface area contributed by atoms with Crippen LogP contribution in [-0.4, -0.2) is 26.8 Å². The minimum atomic E-state index is -1.27. The Hall–Kier alpha value is -3.15. The van der Waals surface area contributed by atoms with Crippen LogP contribution in [0, 0.1) is 5.82 Å². The molecule has 3 rings (SSSR count). The van der Waals surface area contributed by atoms with Gasteiger partial charge < -0.3 is 10.2 Å². The number of hydrogen-bond donors (Lipinski definition) is 2. The Balaban J connectivity index is 2.24. The van der Waals surface area contributed by atoms with Crippen molar-refractivity contribution in [3.63, 3.8) is 0 Å². The summed E-state index contributed by atoms with van der Waals surface area (Å²) in [7, 11) is 0. The molecule has 3 aromatic rings. The predicted molar refractivity (Wildman–Crippen MR) is 77.7 cm³/mol. The van der Waals surface area contributed by atoms with Crippen molar-refractivity contribution in [2.45, 2.75) is 0 Å². The lowest BCUT2D eigenvalue weighted by atomic mass is 10.0. The van der Waals surface area contributed by atoms with Gasteiger partial charge in [0.1, 0.15) is 5.82 Å². The van der Waals surface area contributed by atoms with Gasteiger partial charge in [0, 0.05) is 11.6 Å². The minimum absolute atomic E-state index is 0.0805. The Morgan fingerprint density at radius 3 is 2.18 bits per heavy atom. The van der Waals surface area contributed by atoms with Crippen LogP contribution in [0.5, 0.6) is 0 Å². The van der Waals surface area contributed by atoms with Crippen LogP contribution in [0.4, 0.5) is 9.18 Å². The summed E-state index contributed by atoms with van der Waals surface area (Å²) in [5.74, 6) is -1.56. The third-order valence-electron chi connectivity index (χ3n) is 3.42. The number of fused-ring (bicyclic) bond motifs is 1. The molecular weight excluding hydrogens is 289 g/mol. The summed E-state index contributed by atoms with van der Waals surface area (Å²) in [5.41, 5.74) is 1.57. The normalized spacial score (nSPS) is 10.8. The molecule has 0 saturated heterocycles. The van der Waals surface area contributed by atoms with E-state index in [4.69, 9.17) is 5.11 Å². The van der Waals surface area contributed by atoms with Crippen molar-refractivity contribution >= 4 is 23.0 Å². The van der Waals surface area contributed by atoms with Gasteiger partial charge in [-0.25, -0.2) is 14.0 Å². The van der Waals surface area contributed by atoms with Gasteiger partial charge in [-0.05, 0) is 29.3 Å². The highest BCUT2D eigenvalue weighted by molar-refractivity contribution is 6.06. The number of halogens is 1. The van der Waals surface area contributed by atoms with Crippen molar-refractivity contribution < 1.29 is 24.2 Å². The number of benzene rings is 2. The number of carboxylic acid groups (broad SMARTS) is 2. The first-order valence-corrected chi connectivity index (χ1v) is 6.35. The second-order valence-corrected chi connectivity index (χ2v) is 4.74. The SMILES string of the molecule is O=C(O)c1cn(C(=O)O)c2cc(-c3ccc(F)cc3)ccc12. The topological polar surface area (TPSA) is 79.5 Å². The highest BCUT2D eigenvalue weighted by Gasteiger charge is 2.17. The Morgan fingerprint density at radius 1 is 0.955 bits per heavy atom. The van der Waals surface area contributed by atoms with E-state index in [0.29, 0.717) is 16.5 Å². The molecule has 0 aliphatic carbocycles. The van der Waals surface area contributed by atoms with Crippen molar-refractivity contribution in [3.05, 3.63) is 60.0 Å². The molecular formula is C16H10FNO4. The van der Waals surface area contributed by atoms with E-state index in [1.165, 1.54) is 12.1 Å². The average Bonchev–Trinajstić information content (AvgIpc) is 2.87. The second-order valence-electron chi connectivity index (χ2n) is 4.74. The van der Waals surface area contributed by atoms with E-state index in [2.05, 4.69) is 0 Å². The molecule has 0 atom stereocenters. The zero-order valence-corrected chi connectivity index (χ0v) is 11.2. The van der Waals surface area contributed by atoms with Crippen molar-refractivity contribution in [1.29, 1.82) is 0 Å². The standard InChI is InChI=1S/C16H10FNO4/c17-11-4-1-9(2-5-11)10-3-6-12-13(15(19)20)8-18(16(21)22)14(12)7-10/h1-8H,(H,19,20)(H,21,22). The quantitative estimate of drug-likeness (QED) is 0.756. The molecule has 0 unspecified atom stereocenters. The third-order valence-corrected chi connectivity index (χ3v) is 3.42. The number of rotatable bonds is 2. The molecule has 2 aromatic carbocycles. The van der Waals surface area contributed by atoms with Crippen molar-refractivity contribution in [1.82, 2.24) is 4.57 Å². The Morgan fingerprint density at radius 2 is 1.59 bits per heavy atom. The van der Waals surface area contributed by atoms with Crippen LogP contribution in [0.1, 0.15) is 10.4 Å². The predicted octanol–water partition coefficient (Wildman–Crippen LogP) is 3.67. The largest absolute Gasteiger partial charge is 0.478 e. The molecule has 0 radical (unpaired) electrons. The van der Waals surface area contributed by atoms with Gasteiger partial charge in [-0.3, -0.25) is 4.57 Å². The van der Waals surface area contributed by atoms with Crippen LogP contribution in [0.15, 0.2) is 48.7 Å². The fraction of sp³-hybridized carbons (Fsp3) is 0. The molecule has 0 fully saturated rings. The fourth-order valence-corrected chi connectivity index (χ4v) is 2.38. The van der Waals surface area contributed by atoms with Gasteiger partial charge in [-0.2, -0.15) is 0 Å². The van der Waals surface area contributed by atoms with Crippen molar-refractivity contribution in [2.75, 3.05) is 0 Å². The van der Waals surface area contributed by atoms with Crippen molar-refractivity contribution in [3.8, 4) is 11.1 Å². The zero-order chi connectivity index (χ0) is 15.9. The smallest absolute Gasteiger partial charge is 0.416 e. The number of hydrogen-bond acceptors (Lipinski definition) is 2. The molecule has 5 nitrogen and oxygen atoms in total. The second kappa shape index (κ2) is 5.00. The summed E-state index contributed by atoms with van der Waals surface area (Å²) in [6.45, 7) is 0. The summed E-state index contributed by atoms with van der Waals surface area (Å²) >= 11 is 0. The molecule has 0 bridgehead atoms. The van der Waals surface area contributed by atoms with E-state index in [1.807, 2.05) is 0 Å². The Kier molecular flexibility index (Phi) is 3.14. The highest BCUT2D eigenvalue weighted by atomic mass is 19.1. The number of aromatic nitrogens is 1. The van der Waals surface area contributed by atoms with Crippen LogP contribution >= 0.6 is 0 Å². The first kappa shape index (κ1) is 13.8. The van der Waals surface area contributed by atoms with E-state index in [9.17, 15) is 19.1 Å². The molecule has 6 heteroatoms. The van der Waals surface area contributed by atoms with Gasteiger partial charge in [0.15, 0.2) is 0 Å². The third kappa shape index (κ3) is 2.20. The Labute approximate surface area is 123 Å². The molecule has 0 aliphatic rings. The van der Waals surface area contributed by atoms with Gasteiger partial charge in [0.2, 0.25) is 0 Å². The lowest BCUT2D eigenvalue weighted by Gasteiger charge is -2.04. The molecule has 22 heavy (non-hydrogen) atoms. The van der Waals surface area contributed by atoms with E-state index < -0.39 is 12.1 Å². The summed E-state index contributed by atoms with van der Waals surface area (Å²) in [6.07, 6.45) is -0.196. The average molecular weight is 299 g/mol. The number of carbonyl (C=O) groups is 2. The van der Waals surface area contributed by atoms with Crippen LogP contribution in [0.25, 0.3) is 22.0 Å². The Bertz CT molecular complexity index is 896. The first-order chi connectivity index (χ1) is 10.5. The van der Waals surface area contributed by atoms with Crippen LogP contribution in [-0.2, 0) is 0 Å². The highest BCUT2D eigenvalue weighted by Crippen LogP contribution is 2.28. The van der Waals surface area contributed by atoms with E-state index >= 15 is 0 Å². The summed E-state index contributed by atoms with van der Waals surface area (Å²) in [5, 5.41) is 18.7. The maximum atomic E-state index is 13.0. The lowest BCUT2D eigenvalue weighted by molar-refractivity contribution is 0.0699. The zero-order valence-electron chi connectivity index (χ0n) is 11.2. The van der Waals surface area contributed by atoms with Gasteiger partial charge in [-0.1, -0.05) is 24.3 Å². The number of nitrogens with zero attached hydrogens (tertiary/aromatic N) is 1. The summed E-state index contributed by atoms with van der Waals surface area (Å²) in [4.78, 5) is 22.5. The van der Waals surface area contributed by atoms with Gasteiger partial charge in [0.25, 0.3) is 0 Å². The fourth-order valence-electron chi connectivity index (χ4n) is 2.38. The van der Waals surface area contributed by atoms with E-state index in [0.717, 1.165) is 10.8 Å². The minimum Gasteiger partial charge on any atom is -0.478 e. The first-order valence-electron chi connectivity index (χ1n) is 6.35. The molecule has 1 heterocycles. The molecule has 0 spiro atoms. The summed E-state index contributed by atoms with van der Waals surface area (Å²) in [6, 6.07) is 10.6. The molecule has 110 valence electrons. The number of aromatic carboxylic acids is 1. The molecule has 1 aromatic heterocycles. The summed E-state index contributed by atoms with van der Waals surface area (Å²) < 4.78 is 13.8. The van der Waals surface area contributed by atoms with E-state index in [-0.39, 0.29) is 16.9 Å². The molecule has 0 saturated carbocycles. The van der Waals surface area contributed by atoms with Gasteiger partial charge in [0.05, 0.1) is 11.1 Å². The lowest BCUT2D eigenvalue weighted by Crippen LogP contribution is -2.06. The molecule has 0 amide bonds. The van der Waals surface area contributed by atoms with Crippen LogP contribution < -0.4 is 0 Å². The molecule has 2 N–H and O–H groups in total. The number of carboxylic acids is 1. The van der Waals surface area contributed by atoms with E-state index in [1.54, 1.807) is 30.3 Å². The van der Waals surface area contributed by atoms with Crippen molar-refractivity contribution in [2.24, 2.45) is 0 Å². The maximum absolute atomic E-state index is 13.0. The monoisotopic (exact) mass is 299 g/mol. The van der Waals surface area contributed by atoms with Crippen LogP contribution in [0.3, 0.4) is 0 Å². The molecule has 0 aliphatic heterocycles. The maximum Gasteiger partial charge on any atom is 0.416 e. The van der Waals surface area contributed by atoms with Crippen LogP contribution in [0.2, 0.25) is 0 Å².